The van der Waals surface area contributed by atoms with Crippen LogP contribution in [0.5, 0.6) is 0 Å². The van der Waals surface area contributed by atoms with Crippen LogP contribution in [0, 0.1) is 0 Å². The molecule has 1 heterocycles. The van der Waals surface area contributed by atoms with E-state index in [0.717, 1.165) is 32.8 Å². The van der Waals surface area contributed by atoms with E-state index in [1.54, 1.807) is 0 Å². The molecule has 1 atom stereocenters. The molecule has 1 aliphatic heterocycles. The van der Waals surface area contributed by atoms with Crippen molar-refractivity contribution in [2.45, 2.75) is 63.5 Å². The second-order valence-electron chi connectivity index (χ2n) is 5.35. The Morgan fingerprint density at radius 2 is 1.94 bits per heavy atom. The molecule has 0 bridgehead atoms. The Morgan fingerprint density at radius 3 is 2.71 bits per heavy atom. The van der Waals surface area contributed by atoms with Gasteiger partial charge in [-0.3, -0.25) is 0 Å². The first-order valence-corrected chi connectivity index (χ1v) is 7.38. The Kier molecular flexibility index (Phi) is 6.32. The first-order chi connectivity index (χ1) is 8.45. The fraction of sp³-hybridized carbons (Fsp3) is 1.00. The first-order valence-electron chi connectivity index (χ1n) is 7.38. The lowest BCUT2D eigenvalue weighted by Gasteiger charge is -2.24. The van der Waals surface area contributed by atoms with Crippen LogP contribution in [-0.2, 0) is 9.47 Å². The molecular formula is C14H27NO2. The number of hydrogen-bond acceptors (Lipinski definition) is 3. The second kappa shape index (κ2) is 8.06. The quantitative estimate of drug-likeness (QED) is 0.725. The van der Waals surface area contributed by atoms with Crippen LogP contribution in [0.4, 0.5) is 0 Å². The fourth-order valence-electron chi connectivity index (χ4n) is 2.76. The molecule has 1 unspecified atom stereocenters. The van der Waals surface area contributed by atoms with Crippen molar-refractivity contribution in [3.05, 3.63) is 0 Å². The molecule has 2 fully saturated rings. The summed E-state index contributed by atoms with van der Waals surface area (Å²) in [5.41, 5.74) is 0. The standard InChI is InChI=1S/C14H27NO2/c1-2-7-14(8-3-1)17-11-5-9-15-13-6-4-10-16-12-13/h13-15H,1-12H2. The Labute approximate surface area is 105 Å². The van der Waals surface area contributed by atoms with Crippen LogP contribution in [0.25, 0.3) is 0 Å². The largest absolute Gasteiger partial charge is 0.380 e. The molecule has 0 aromatic heterocycles. The minimum Gasteiger partial charge on any atom is -0.380 e. The van der Waals surface area contributed by atoms with Gasteiger partial charge in [-0.1, -0.05) is 19.3 Å². The molecule has 3 nitrogen and oxygen atoms in total. The van der Waals surface area contributed by atoms with Crippen molar-refractivity contribution in [3.63, 3.8) is 0 Å². The van der Waals surface area contributed by atoms with E-state index >= 15 is 0 Å². The highest BCUT2D eigenvalue weighted by Gasteiger charge is 2.14. The lowest BCUT2D eigenvalue weighted by Crippen LogP contribution is -2.37. The van der Waals surface area contributed by atoms with E-state index in [1.165, 1.54) is 44.9 Å². The lowest BCUT2D eigenvalue weighted by atomic mass is 9.98. The van der Waals surface area contributed by atoms with Crippen LogP contribution >= 0.6 is 0 Å². The van der Waals surface area contributed by atoms with E-state index in [-0.39, 0.29) is 0 Å². The summed E-state index contributed by atoms with van der Waals surface area (Å²) >= 11 is 0. The van der Waals surface area contributed by atoms with E-state index < -0.39 is 0 Å². The van der Waals surface area contributed by atoms with Gasteiger partial charge >= 0.3 is 0 Å². The van der Waals surface area contributed by atoms with E-state index in [4.69, 9.17) is 9.47 Å². The minimum atomic E-state index is 0.557. The number of hydrogen-bond donors (Lipinski definition) is 1. The number of ether oxygens (including phenoxy) is 2. The third-order valence-corrected chi connectivity index (χ3v) is 3.82. The number of nitrogens with one attached hydrogen (secondary N) is 1. The summed E-state index contributed by atoms with van der Waals surface area (Å²) in [6, 6.07) is 0.582. The highest BCUT2D eigenvalue weighted by atomic mass is 16.5. The molecule has 0 spiro atoms. The van der Waals surface area contributed by atoms with Crippen LogP contribution in [0.1, 0.15) is 51.4 Å². The van der Waals surface area contributed by atoms with Gasteiger partial charge in [-0.15, -0.1) is 0 Å². The Balaban J connectivity index is 1.42. The molecule has 100 valence electrons. The second-order valence-corrected chi connectivity index (χ2v) is 5.35. The molecule has 0 aromatic carbocycles. The smallest absolute Gasteiger partial charge is 0.0619 e. The zero-order valence-electron chi connectivity index (χ0n) is 11.0. The monoisotopic (exact) mass is 241 g/mol. The van der Waals surface area contributed by atoms with Gasteiger partial charge in [0.15, 0.2) is 0 Å². The van der Waals surface area contributed by atoms with E-state index in [0.29, 0.717) is 12.1 Å². The average molecular weight is 241 g/mol. The molecule has 3 heteroatoms. The van der Waals surface area contributed by atoms with Gasteiger partial charge in [0.05, 0.1) is 12.7 Å². The molecule has 1 N–H and O–H groups in total. The summed E-state index contributed by atoms with van der Waals surface area (Å²) in [6.45, 7) is 3.83. The molecule has 1 saturated carbocycles. The maximum atomic E-state index is 5.90. The Hall–Kier alpha value is -0.120. The summed E-state index contributed by atoms with van der Waals surface area (Å²) in [7, 11) is 0. The predicted molar refractivity (Wildman–Crippen MR) is 69.3 cm³/mol. The van der Waals surface area contributed by atoms with Crippen molar-refractivity contribution < 1.29 is 9.47 Å². The molecular weight excluding hydrogens is 214 g/mol. The topological polar surface area (TPSA) is 30.5 Å². The van der Waals surface area contributed by atoms with Crippen LogP contribution in [-0.4, -0.2) is 38.5 Å². The van der Waals surface area contributed by atoms with E-state index in [1.807, 2.05) is 0 Å². The van der Waals surface area contributed by atoms with Gasteiger partial charge in [-0.05, 0) is 38.6 Å². The zero-order chi connectivity index (χ0) is 11.8. The molecule has 0 radical (unpaired) electrons. The fourth-order valence-corrected chi connectivity index (χ4v) is 2.76. The van der Waals surface area contributed by atoms with Gasteiger partial charge in [0.1, 0.15) is 0 Å². The summed E-state index contributed by atoms with van der Waals surface area (Å²) in [6.07, 6.45) is 10.9. The van der Waals surface area contributed by atoms with Gasteiger partial charge in [0.25, 0.3) is 0 Å². The summed E-state index contributed by atoms with van der Waals surface area (Å²) < 4.78 is 11.3. The zero-order valence-corrected chi connectivity index (χ0v) is 11.0. The van der Waals surface area contributed by atoms with Gasteiger partial charge in [-0.25, -0.2) is 0 Å². The molecule has 1 saturated heterocycles. The van der Waals surface area contributed by atoms with Crippen molar-refractivity contribution in [2.75, 3.05) is 26.4 Å². The maximum Gasteiger partial charge on any atom is 0.0619 e. The maximum absolute atomic E-state index is 5.90. The van der Waals surface area contributed by atoms with Crippen molar-refractivity contribution in [3.8, 4) is 0 Å². The van der Waals surface area contributed by atoms with Gasteiger partial charge in [0.2, 0.25) is 0 Å². The van der Waals surface area contributed by atoms with Crippen LogP contribution in [0.15, 0.2) is 0 Å². The van der Waals surface area contributed by atoms with Crippen molar-refractivity contribution >= 4 is 0 Å². The van der Waals surface area contributed by atoms with Crippen LogP contribution in [0.3, 0.4) is 0 Å². The minimum absolute atomic E-state index is 0.557. The summed E-state index contributed by atoms with van der Waals surface area (Å²) in [5.74, 6) is 0. The molecule has 0 amide bonds. The third-order valence-electron chi connectivity index (χ3n) is 3.82. The summed E-state index contributed by atoms with van der Waals surface area (Å²) in [5, 5.41) is 3.55. The van der Waals surface area contributed by atoms with Crippen LogP contribution in [0.2, 0.25) is 0 Å². The van der Waals surface area contributed by atoms with Crippen molar-refractivity contribution in [1.82, 2.24) is 5.32 Å². The molecule has 2 rings (SSSR count). The first kappa shape index (κ1) is 13.3. The summed E-state index contributed by atoms with van der Waals surface area (Å²) in [4.78, 5) is 0. The van der Waals surface area contributed by atoms with Gasteiger partial charge in [-0.2, -0.15) is 0 Å². The molecule has 17 heavy (non-hydrogen) atoms. The van der Waals surface area contributed by atoms with Gasteiger partial charge < -0.3 is 14.8 Å². The average Bonchev–Trinajstić information content (AvgIpc) is 2.41. The third kappa shape index (κ3) is 5.36. The Morgan fingerprint density at radius 1 is 1.06 bits per heavy atom. The highest BCUT2D eigenvalue weighted by molar-refractivity contribution is 4.70. The SMILES string of the molecule is C1CCC(OCCCNC2CCCOC2)CC1. The van der Waals surface area contributed by atoms with Crippen molar-refractivity contribution in [1.29, 1.82) is 0 Å². The lowest BCUT2D eigenvalue weighted by molar-refractivity contribution is 0.0255. The molecule has 1 aliphatic carbocycles. The molecule has 0 aromatic rings. The van der Waals surface area contributed by atoms with E-state index in [9.17, 15) is 0 Å². The molecule has 2 aliphatic rings. The van der Waals surface area contributed by atoms with E-state index in [2.05, 4.69) is 5.32 Å². The predicted octanol–water partition coefficient (Wildman–Crippen LogP) is 2.49. The number of rotatable bonds is 6. The van der Waals surface area contributed by atoms with Crippen LogP contribution < -0.4 is 5.32 Å². The highest BCUT2D eigenvalue weighted by Crippen LogP contribution is 2.20. The van der Waals surface area contributed by atoms with Gasteiger partial charge in [0, 0.05) is 19.3 Å². The normalized spacial score (nSPS) is 27.2. The Bertz CT molecular complexity index is 167. The van der Waals surface area contributed by atoms with Crippen molar-refractivity contribution in [2.24, 2.45) is 0 Å².